The molecule has 0 unspecified atom stereocenters. The molecule has 0 aliphatic heterocycles. The van der Waals surface area contributed by atoms with Crippen LogP contribution in [0.3, 0.4) is 0 Å². The second-order valence-corrected chi connectivity index (χ2v) is 5.42. The number of hydrogen-bond acceptors (Lipinski definition) is 7. The summed E-state index contributed by atoms with van der Waals surface area (Å²) in [5.74, 6) is 1.51. The zero-order valence-corrected chi connectivity index (χ0v) is 15.7. The minimum atomic E-state index is -2.96. The highest BCUT2D eigenvalue weighted by atomic mass is 32.2. The Morgan fingerprint density at radius 1 is 0.852 bits per heavy atom. The van der Waals surface area contributed by atoms with Crippen molar-refractivity contribution < 1.29 is 31.9 Å². The van der Waals surface area contributed by atoms with E-state index in [9.17, 15) is 8.78 Å². The van der Waals surface area contributed by atoms with Crippen LogP contribution in [0.25, 0.3) is 12.2 Å². The van der Waals surface area contributed by atoms with E-state index in [4.69, 9.17) is 23.5 Å². The standard InChI is InChI=1S/C18H19F2NO5S/c1-22-15-9-12(10-16(23-2)17(15)24-3)5-4-11-6-7-13(25-18(19)20)14(8-11)26-27-21/h4-10,18H,21H2,1-3H3/b5-4-. The first-order chi connectivity index (χ1) is 13.0. The summed E-state index contributed by atoms with van der Waals surface area (Å²) in [5, 5.41) is 5.26. The van der Waals surface area contributed by atoms with Crippen LogP contribution in [0, 0.1) is 0 Å². The fourth-order valence-corrected chi connectivity index (χ4v) is 2.56. The first kappa shape index (κ1) is 20.7. The lowest BCUT2D eigenvalue weighted by Crippen LogP contribution is -2.03. The van der Waals surface area contributed by atoms with Gasteiger partial charge in [-0.2, -0.15) is 8.78 Å². The van der Waals surface area contributed by atoms with Crippen molar-refractivity contribution in [3.05, 3.63) is 41.5 Å². The molecule has 146 valence electrons. The third-order valence-electron chi connectivity index (χ3n) is 3.48. The number of halogens is 2. The van der Waals surface area contributed by atoms with E-state index in [2.05, 4.69) is 4.74 Å². The van der Waals surface area contributed by atoms with Gasteiger partial charge in [-0.1, -0.05) is 18.2 Å². The zero-order chi connectivity index (χ0) is 19.8. The van der Waals surface area contributed by atoms with Gasteiger partial charge in [-0.25, -0.2) is 5.14 Å². The Morgan fingerprint density at radius 3 is 1.96 bits per heavy atom. The van der Waals surface area contributed by atoms with E-state index < -0.39 is 6.61 Å². The van der Waals surface area contributed by atoms with Crippen LogP contribution < -0.4 is 28.3 Å². The Labute approximate surface area is 160 Å². The summed E-state index contributed by atoms with van der Waals surface area (Å²) in [6, 6.07) is 8.08. The normalized spacial score (nSPS) is 10.9. The predicted octanol–water partition coefficient (Wildman–Crippen LogP) is 4.38. The summed E-state index contributed by atoms with van der Waals surface area (Å²) in [6.07, 6.45) is 3.56. The van der Waals surface area contributed by atoms with Gasteiger partial charge in [0.2, 0.25) is 5.75 Å². The fourth-order valence-electron chi connectivity index (χ4n) is 2.33. The number of alkyl halides is 2. The van der Waals surface area contributed by atoms with Gasteiger partial charge in [-0.05, 0) is 35.4 Å². The quantitative estimate of drug-likeness (QED) is 0.381. The topological polar surface area (TPSA) is 72.2 Å². The Hall–Kier alpha value is -2.65. The number of hydrogen-bond donors (Lipinski definition) is 1. The predicted molar refractivity (Wildman–Crippen MR) is 101 cm³/mol. The summed E-state index contributed by atoms with van der Waals surface area (Å²) in [5.41, 5.74) is 1.47. The van der Waals surface area contributed by atoms with Crippen LogP contribution in [0.2, 0.25) is 0 Å². The van der Waals surface area contributed by atoms with Crippen molar-refractivity contribution in [2.24, 2.45) is 5.14 Å². The van der Waals surface area contributed by atoms with Gasteiger partial charge in [0.15, 0.2) is 23.0 Å². The summed E-state index contributed by atoms with van der Waals surface area (Å²) in [4.78, 5) is 0. The Morgan fingerprint density at radius 2 is 1.44 bits per heavy atom. The van der Waals surface area contributed by atoms with Crippen LogP contribution >= 0.6 is 12.2 Å². The van der Waals surface area contributed by atoms with Crippen LogP contribution in [0.4, 0.5) is 8.78 Å². The number of ether oxygens (including phenoxy) is 4. The molecule has 0 radical (unpaired) electrons. The largest absolute Gasteiger partial charge is 0.493 e. The fraction of sp³-hybridized carbons (Fsp3) is 0.222. The SMILES string of the molecule is COc1cc(/C=C\c2ccc(OC(F)F)c(OSN)c2)cc(OC)c1OC. The lowest BCUT2D eigenvalue weighted by Gasteiger charge is -2.13. The van der Waals surface area contributed by atoms with E-state index in [0.717, 1.165) is 5.56 Å². The van der Waals surface area contributed by atoms with Crippen molar-refractivity contribution in [1.82, 2.24) is 0 Å². The summed E-state index contributed by atoms with van der Waals surface area (Å²) in [7, 11) is 4.58. The molecule has 27 heavy (non-hydrogen) atoms. The lowest BCUT2D eigenvalue weighted by molar-refractivity contribution is -0.0506. The minimum Gasteiger partial charge on any atom is -0.493 e. The van der Waals surface area contributed by atoms with Gasteiger partial charge in [0, 0.05) is 0 Å². The molecular weight excluding hydrogens is 380 g/mol. The molecule has 2 aromatic rings. The van der Waals surface area contributed by atoms with Crippen LogP contribution in [-0.4, -0.2) is 27.9 Å². The second kappa shape index (κ2) is 9.89. The zero-order valence-electron chi connectivity index (χ0n) is 14.9. The maximum absolute atomic E-state index is 12.5. The van der Waals surface area contributed by atoms with Gasteiger partial charge in [-0.15, -0.1) is 0 Å². The molecule has 2 N–H and O–H groups in total. The molecule has 0 saturated heterocycles. The van der Waals surface area contributed by atoms with Crippen molar-refractivity contribution in [1.29, 1.82) is 0 Å². The van der Waals surface area contributed by atoms with E-state index in [1.807, 2.05) is 0 Å². The summed E-state index contributed by atoms with van der Waals surface area (Å²) in [6.45, 7) is -2.96. The first-order valence-electron chi connectivity index (χ1n) is 7.62. The highest BCUT2D eigenvalue weighted by molar-refractivity contribution is 7.92. The molecule has 0 fully saturated rings. The molecule has 2 aromatic carbocycles. The van der Waals surface area contributed by atoms with Gasteiger partial charge >= 0.3 is 6.61 Å². The van der Waals surface area contributed by atoms with Crippen LogP contribution in [-0.2, 0) is 0 Å². The van der Waals surface area contributed by atoms with Crippen molar-refractivity contribution >= 4 is 24.4 Å². The molecule has 0 atom stereocenters. The van der Waals surface area contributed by atoms with E-state index in [0.29, 0.717) is 35.0 Å². The maximum atomic E-state index is 12.5. The molecule has 0 saturated carbocycles. The second-order valence-electron chi connectivity index (χ2n) is 5.06. The van der Waals surface area contributed by atoms with Crippen molar-refractivity contribution in [3.63, 3.8) is 0 Å². The van der Waals surface area contributed by atoms with Crippen LogP contribution in [0.15, 0.2) is 30.3 Å². The minimum absolute atomic E-state index is 0.0924. The van der Waals surface area contributed by atoms with Crippen molar-refractivity contribution in [3.8, 4) is 28.7 Å². The molecule has 0 aliphatic carbocycles. The van der Waals surface area contributed by atoms with Gasteiger partial charge in [-0.3, -0.25) is 0 Å². The summed E-state index contributed by atoms with van der Waals surface area (Å²) < 4.78 is 50.3. The third kappa shape index (κ3) is 5.41. The maximum Gasteiger partial charge on any atom is 0.387 e. The van der Waals surface area contributed by atoms with Crippen LogP contribution in [0.5, 0.6) is 28.7 Å². The average molecular weight is 399 g/mol. The smallest absolute Gasteiger partial charge is 0.387 e. The molecule has 0 spiro atoms. The molecule has 0 aliphatic rings. The van der Waals surface area contributed by atoms with Crippen molar-refractivity contribution in [2.75, 3.05) is 21.3 Å². The lowest BCUT2D eigenvalue weighted by atomic mass is 10.1. The molecule has 6 nitrogen and oxygen atoms in total. The van der Waals surface area contributed by atoms with E-state index >= 15 is 0 Å². The Kier molecular flexibility index (Phi) is 7.56. The third-order valence-corrected chi connectivity index (χ3v) is 3.75. The van der Waals surface area contributed by atoms with Gasteiger partial charge in [0.25, 0.3) is 0 Å². The van der Waals surface area contributed by atoms with Crippen molar-refractivity contribution in [2.45, 2.75) is 6.61 Å². The molecule has 0 bridgehead atoms. The van der Waals surface area contributed by atoms with E-state index in [1.165, 1.54) is 33.5 Å². The van der Waals surface area contributed by atoms with Gasteiger partial charge in [0.05, 0.1) is 21.3 Å². The molecule has 9 heteroatoms. The molecule has 0 heterocycles. The summed E-state index contributed by atoms with van der Waals surface area (Å²) >= 11 is 0.537. The average Bonchev–Trinajstić information content (AvgIpc) is 2.66. The Balaban J connectivity index is 2.33. The van der Waals surface area contributed by atoms with E-state index in [-0.39, 0.29) is 11.5 Å². The molecular formula is C18H19F2NO5S. The molecule has 0 amide bonds. The molecule has 0 aromatic heterocycles. The Bertz CT molecular complexity index is 776. The highest BCUT2D eigenvalue weighted by Gasteiger charge is 2.13. The number of rotatable bonds is 9. The van der Waals surface area contributed by atoms with Crippen LogP contribution in [0.1, 0.15) is 11.1 Å². The first-order valence-corrected chi connectivity index (χ1v) is 8.43. The molecule has 2 rings (SSSR count). The highest BCUT2D eigenvalue weighted by Crippen LogP contribution is 2.39. The number of methoxy groups -OCH3 is 3. The number of nitrogens with two attached hydrogens (primary N) is 1. The van der Waals surface area contributed by atoms with Gasteiger partial charge < -0.3 is 23.1 Å². The number of benzene rings is 2. The van der Waals surface area contributed by atoms with Gasteiger partial charge in [0.1, 0.15) is 12.2 Å². The van der Waals surface area contributed by atoms with E-state index in [1.54, 1.807) is 30.4 Å². The monoisotopic (exact) mass is 399 g/mol.